The molecule has 0 radical (unpaired) electrons. The molecule has 1 fully saturated rings. The highest BCUT2D eigenvalue weighted by atomic mass is 19.1. The van der Waals surface area contributed by atoms with E-state index in [9.17, 15) is 4.39 Å². The fourth-order valence-corrected chi connectivity index (χ4v) is 2.66. The summed E-state index contributed by atoms with van der Waals surface area (Å²) in [6.07, 6.45) is 4.30. The van der Waals surface area contributed by atoms with Gasteiger partial charge < -0.3 is 15.2 Å². The standard InChI is InChI=1S/C15H22FNO2/c1-10(17)15-13(16)7-4-8-14(15)19-12-6-3-5-11(9-12)18-2/h4,7-8,10-12H,3,5-6,9,17H2,1-2H3/t10-,11?,12?/m1/s1. The molecule has 2 unspecified atom stereocenters. The zero-order valence-electron chi connectivity index (χ0n) is 11.6. The number of nitrogens with two attached hydrogens (primary N) is 1. The molecule has 0 aliphatic heterocycles. The maximum Gasteiger partial charge on any atom is 0.131 e. The highest BCUT2D eigenvalue weighted by molar-refractivity contribution is 5.37. The molecule has 0 spiro atoms. The van der Waals surface area contributed by atoms with Gasteiger partial charge in [-0.05, 0) is 38.3 Å². The third-order valence-corrected chi connectivity index (χ3v) is 3.67. The van der Waals surface area contributed by atoms with Gasteiger partial charge in [-0.15, -0.1) is 0 Å². The Morgan fingerprint density at radius 3 is 2.74 bits per heavy atom. The fraction of sp³-hybridized carbons (Fsp3) is 0.600. The third kappa shape index (κ3) is 3.45. The zero-order chi connectivity index (χ0) is 13.8. The third-order valence-electron chi connectivity index (χ3n) is 3.67. The van der Waals surface area contributed by atoms with Gasteiger partial charge in [-0.25, -0.2) is 4.39 Å². The second-order valence-corrected chi connectivity index (χ2v) is 5.20. The summed E-state index contributed by atoms with van der Waals surface area (Å²) >= 11 is 0. The van der Waals surface area contributed by atoms with E-state index >= 15 is 0 Å². The van der Waals surface area contributed by atoms with Crippen LogP contribution in [0.1, 0.15) is 44.2 Å². The Hall–Kier alpha value is -1.13. The molecule has 1 aromatic carbocycles. The minimum absolute atomic E-state index is 0.0815. The Balaban J connectivity index is 2.12. The van der Waals surface area contributed by atoms with E-state index in [2.05, 4.69) is 0 Å². The Labute approximate surface area is 113 Å². The van der Waals surface area contributed by atoms with Crippen molar-refractivity contribution in [2.75, 3.05) is 7.11 Å². The van der Waals surface area contributed by atoms with Crippen LogP contribution in [0.3, 0.4) is 0 Å². The molecule has 19 heavy (non-hydrogen) atoms. The predicted molar refractivity (Wildman–Crippen MR) is 72.7 cm³/mol. The molecule has 0 amide bonds. The first kappa shape index (κ1) is 14.3. The Bertz CT molecular complexity index is 423. The second kappa shape index (κ2) is 6.35. The Kier molecular flexibility index (Phi) is 4.77. The molecule has 1 aliphatic carbocycles. The summed E-state index contributed by atoms with van der Waals surface area (Å²) in [5.41, 5.74) is 6.29. The number of hydrogen-bond acceptors (Lipinski definition) is 3. The number of ether oxygens (including phenoxy) is 2. The van der Waals surface area contributed by atoms with Crippen LogP contribution in [0.4, 0.5) is 4.39 Å². The molecule has 1 aromatic rings. The van der Waals surface area contributed by atoms with Gasteiger partial charge in [0, 0.05) is 25.1 Å². The van der Waals surface area contributed by atoms with Crippen LogP contribution in [-0.2, 0) is 4.74 Å². The Morgan fingerprint density at radius 2 is 2.05 bits per heavy atom. The van der Waals surface area contributed by atoms with Gasteiger partial charge in [0.2, 0.25) is 0 Å². The molecule has 4 heteroatoms. The average molecular weight is 267 g/mol. The summed E-state index contributed by atoms with van der Waals surface area (Å²) in [7, 11) is 1.72. The first-order chi connectivity index (χ1) is 9.11. The smallest absolute Gasteiger partial charge is 0.131 e. The van der Waals surface area contributed by atoms with Crippen LogP contribution in [-0.4, -0.2) is 19.3 Å². The normalized spacial score (nSPS) is 25.1. The van der Waals surface area contributed by atoms with Gasteiger partial charge in [0.1, 0.15) is 17.7 Å². The molecule has 0 saturated heterocycles. The van der Waals surface area contributed by atoms with E-state index in [4.69, 9.17) is 15.2 Å². The summed E-state index contributed by atoms with van der Waals surface area (Å²) in [5.74, 6) is 0.267. The van der Waals surface area contributed by atoms with E-state index in [1.54, 1.807) is 26.2 Å². The molecule has 106 valence electrons. The largest absolute Gasteiger partial charge is 0.490 e. The number of methoxy groups -OCH3 is 1. The molecule has 3 atom stereocenters. The van der Waals surface area contributed by atoms with Crippen LogP contribution >= 0.6 is 0 Å². The van der Waals surface area contributed by atoms with Crippen molar-refractivity contribution in [3.05, 3.63) is 29.6 Å². The summed E-state index contributed by atoms with van der Waals surface area (Å²) in [4.78, 5) is 0. The lowest BCUT2D eigenvalue weighted by Crippen LogP contribution is -2.30. The molecule has 2 N–H and O–H groups in total. The van der Waals surface area contributed by atoms with E-state index in [1.807, 2.05) is 0 Å². The molecule has 1 aliphatic rings. The van der Waals surface area contributed by atoms with Crippen molar-refractivity contribution < 1.29 is 13.9 Å². The van der Waals surface area contributed by atoms with Crippen molar-refractivity contribution in [1.82, 2.24) is 0 Å². The van der Waals surface area contributed by atoms with Gasteiger partial charge in [-0.1, -0.05) is 6.07 Å². The van der Waals surface area contributed by atoms with E-state index in [1.165, 1.54) is 6.07 Å². The maximum absolute atomic E-state index is 13.8. The van der Waals surface area contributed by atoms with Crippen LogP contribution in [0, 0.1) is 5.82 Å². The highest BCUT2D eigenvalue weighted by Crippen LogP contribution is 2.31. The molecule has 2 rings (SSSR count). The number of hydrogen-bond donors (Lipinski definition) is 1. The average Bonchev–Trinajstić information content (AvgIpc) is 2.38. The van der Waals surface area contributed by atoms with Gasteiger partial charge >= 0.3 is 0 Å². The summed E-state index contributed by atoms with van der Waals surface area (Å²) < 4.78 is 25.2. The highest BCUT2D eigenvalue weighted by Gasteiger charge is 2.24. The lowest BCUT2D eigenvalue weighted by atomic mass is 9.94. The molecule has 3 nitrogen and oxygen atoms in total. The second-order valence-electron chi connectivity index (χ2n) is 5.20. The van der Waals surface area contributed by atoms with Crippen molar-refractivity contribution in [3.8, 4) is 5.75 Å². The van der Waals surface area contributed by atoms with E-state index in [0.717, 1.165) is 25.7 Å². The van der Waals surface area contributed by atoms with E-state index in [0.29, 0.717) is 11.3 Å². The van der Waals surface area contributed by atoms with Crippen LogP contribution < -0.4 is 10.5 Å². The number of benzene rings is 1. The minimum atomic E-state index is -0.377. The SMILES string of the molecule is COC1CCCC(Oc2cccc(F)c2[C@@H](C)N)C1. The molecule has 0 aromatic heterocycles. The predicted octanol–water partition coefficient (Wildman–Crippen LogP) is 3.18. The number of halogens is 1. The Morgan fingerprint density at radius 1 is 1.32 bits per heavy atom. The van der Waals surface area contributed by atoms with Gasteiger partial charge in [-0.3, -0.25) is 0 Å². The fourth-order valence-electron chi connectivity index (χ4n) is 2.66. The van der Waals surface area contributed by atoms with Crippen LogP contribution in [0.5, 0.6) is 5.75 Å². The topological polar surface area (TPSA) is 44.5 Å². The van der Waals surface area contributed by atoms with Crippen molar-refractivity contribution >= 4 is 0 Å². The van der Waals surface area contributed by atoms with Gasteiger partial charge in [-0.2, -0.15) is 0 Å². The maximum atomic E-state index is 13.8. The summed E-state index contributed by atoms with van der Waals surface area (Å²) in [5, 5.41) is 0. The molecule has 0 bridgehead atoms. The lowest BCUT2D eigenvalue weighted by molar-refractivity contribution is 0.0205. The monoisotopic (exact) mass is 267 g/mol. The van der Waals surface area contributed by atoms with Gasteiger partial charge in [0.05, 0.1) is 6.10 Å². The molecular formula is C15H22FNO2. The molecule has 0 heterocycles. The first-order valence-electron chi connectivity index (χ1n) is 6.85. The van der Waals surface area contributed by atoms with Crippen molar-refractivity contribution in [2.24, 2.45) is 5.73 Å². The number of rotatable bonds is 4. The van der Waals surface area contributed by atoms with Crippen molar-refractivity contribution in [3.63, 3.8) is 0 Å². The first-order valence-corrected chi connectivity index (χ1v) is 6.85. The van der Waals surface area contributed by atoms with Gasteiger partial charge in [0.15, 0.2) is 0 Å². The van der Waals surface area contributed by atoms with Crippen LogP contribution in [0.15, 0.2) is 18.2 Å². The van der Waals surface area contributed by atoms with Crippen LogP contribution in [0.25, 0.3) is 0 Å². The van der Waals surface area contributed by atoms with Crippen molar-refractivity contribution in [1.29, 1.82) is 0 Å². The van der Waals surface area contributed by atoms with Crippen LogP contribution in [0.2, 0.25) is 0 Å². The van der Waals surface area contributed by atoms with Gasteiger partial charge in [0.25, 0.3) is 0 Å². The quantitative estimate of drug-likeness (QED) is 0.911. The molecule has 1 saturated carbocycles. The lowest BCUT2D eigenvalue weighted by Gasteiger charge is -2.29. The van der Waals surface area contributed by atoms with E-state index < -0.39 is 0 Å². The van der Waals surface area contributed by atoms with Crippen molar-refractivity contribution in [2.45, 2.75) is 50.9 Å². The van der Waals surface area contributed by atoms with E-state index in [-0.39, 0.29) is 24.1 Å². The summed E-state index contributed by atoms with van der Waals surface area (Å²) in [6, 6.07) is 4.49. The minimum Gasteiger partial charge on any atom is -0.490 e. The zero-order valence-corrected chi connectivity index (χ0v) is 11.6. The molecular weight excluding hydrogens is 245 g/mol. The summed E-state index contributed by atoms with van der Waals surface area (Å²) in [6.45, 7) is 1.77.